The maximum Gasteiger partial charge on any atom is 0.325 e. The van der Waals surface area contributed by atoms with E-state index >= 15 is 0 Å². The fourth-order valence-corrected chi connectivity index (χ4v) is 2.85. The zero-order chi connectivity index (χ0) is 15.0. The molecule has 3 rings (SSSR count). The van der Waals surface area contributed by atoms with Gasteiger partial charge in [0.1, 0.15) is 5.54 Å². The zero-order valence-corrected chi connectivity index (χ0v) is 11.3. The molecule has 0 aliphatic carbocycles. The van der Waals surface area contributed by atoms with Crippen molar-refractivity contribution >= 4 is 11.9 Å². The Morgan fingerprint density at radius 3 is 2.62 bits per heavy atom. The molecule has 0 unspecified atom stereocenters. The van der Waals surface area contributed by atoms with Gasteiger partial charge < -0.3 is 10.6 Å². The Bertz CT molecular complexity index is 600. The van der Waals surface area contributed by atoms with Crippen molar-refractivity contribution in [3.8, 4) is 0 Å². The van der Waals surface area contributed by atoms with Gasteiger partial charge in [0.15, 0.2) is 11.6 Å². The summed E-state index contributed by atoms with van der Waals surface area (Å²) in [6, 6.07) is 3.17. The lowest BCUT2D eigenvalue weighted by atomic mass is 9.88. The van der Waals surface area contributed by atoms with E-state index < -0.39 is 23.2 Å². The summed E-state index contributed by atoms with van der Waals surface area (Å²) < 4.78 is 26.9. The minimum Gasteiger partial charge on any atom is -0.323 e. The van der Waals surface area contributed by atoms with Crippen molar-refractivity contribution in [2.24, 2.45) is 0 Å². The first kappa shape index (κ1) is 13.9. The lowest BCUT2D eigenvalue weighted by Gasteiger charge is -2.31. The first-order valence-electron chi connectivity index (χ1n) is 6.81. The Balaban J connectivity index is 1.84. The van der Waals surface area contributed by atoms with Crippen LogP contribution in [0.2, 0.25) is 0 Å². The highest BCUT2D eigenvalue weighted by atomic mass is 19.2. The standard InChI is InChI=1S/C14H15F2N3O2/c15-10-3-1-2-9(11(10)16)8-19-12(20)14(18-13(19)21)4-6-17-7-5-14/h1-3,17H,4-8H2,(H,18,21). The Kier molecular flexibility index (Phi) is 3.36. The van der Waals surface area contributed by atoms with Crippen LogP contribution in [-0.4, -0.2) is 35.5 Å². The van der Waals surface area contributed by atoms with Gasteiger partial charge in [-0.25, -0.2) is 13.6 Å². The fraction of sp³-hybridized carbons (Fsp3) is 0.429. The number of nitrogens with zero attached hydrogens (tertiary/aromatic N) is 1. The zero-order valence-electron chi connectivity index (χ0n) is 11.3. The number of nitrogens with one attached hydrogen (secondary N) is 2. The molecule has 2 heterocycles. The molecule has 0 atom stereocenters. The highest BCUT2D eigenvalue weighted by molar-refractivity contribution is 6.07. The van der Waals surface area contributed by atoms with Crippen LogP contribution >= 0.6 is 0 Å². The number of amides is 3. The maximum atomic E-state index is 13.7. The molecule has 2 saturated heterocycles. The van der Waals surface area contributed by atoms with Crippen molar-refractivity contribution in [1.29, 1.82) is 0 Å². The summed E-state index contributed by atoms with van der Waals surface area (Å²) in [4.78, 5) is 25.5. The van der Waals surface area contributed by atoms with E-state index in [1.54, 1.807) is 0 Å². The van der Waals surface area contributed by atoms with E-state index in [1.165, 1.54) is 12.1 Å². The molecule has 0 radical (unpaired) electrons. The van der Waals surface area contributed by atoms with Gasteiger partial charge in [-0.1, -0.05) is 12.1 Å². The number of piperidine rings is 1. The molecule has 3 amide bonds. The van der Waals surface area contributed by atoms with Gasteiger partial charge in [0.2, 0.25) is 0 Å². The predicted molar refractivity (Wildman–Crippen MR) is 70.3 cm³/mol. The van der Waals surface area contributed by atoms with Gasteiger partial charge in [-0.05, 0) is 32.0 Å². The Morgan fingerprint density at radius 1 is 1.19 bits per heavy atom. The SMILES string of the molecule is O=C1NC2(CCNCC2)C(=O)N1Cc1cccc(F)c1F. The normalized spacial score (nSPS) is 21.0. The van der Waals surface area contributed by atoms with Crippen LogP contribution in [0.5, 0.6) is 0 Å². The summed E-state index contributed by atoms with van der Waals surface area (Å²) in [7, 11) is 0. The van der Waals surface area contributed by atoms with Crippen LogP contribution in [0.3, 0.4) is 0 Å². The lowest BCUT2D eigenvalue weighted by molar-refractivity contribution is -0.132. The van der Waals surface area contributed by atoms with Gasteiger partial charge in [-0.2, -0.15) is 0 Å². The van der Waals surface area contributed by atoms with E-state index in [9.17, 15) is 18.4 Å². The third kappa shape index (κ3) is 2.27. The van der Waals surface area contributed by atoms with Crippen LogP contribution in [0.15, 0.2) is 18.2 Å². The molecule has 1 aromatic rings. The third-order valence-corrected chi connectivity index (χ3v) is 4.06. The maximum absolute atomic E-state index is 13.7. The van der Waals surface area contributed by atoms with E-state index in [0.29, 0.717) is 25.9 Å². The molecule has 1 aromatic carbocycles. The lowest BCUT2D eigenvalue weighted by Crippen LogP contribution is -2.53. The van der Waals surface area contributed by atoms with E-state index in [-0.39, 0.29) is 18.0 Å². The van der Waals surface area contributed by atoms with Crippen molar-refractivity contribution in [3.63, 3.8) is 0 Å². The first-order chi connectivity index (χ1) is 10.0. The summed E-state index contributed by atoms with van der Waals surface area (Å²) in [6.07, 6.45) is 0.999. The molecule has 2 fully saturated rings. The Labute approximate surface area is 120 Å². The molecular formula is C14H15F2N3O2. The molecule has 1 spiro atoms. The molecule has 21 heavy (non-hydrogen) atoms. The van der Waals surface area contributed by atoms with Crippen LogP contribution in [0.25, 0.3) is 0 Å². The summed E-state index contributed by atoms with van der Waals surface area (Å²) in [5.74, 6) is -2.38. The average molecular weight is 295 g/mol. The number of hydrogen-bond acceptors (Lipinski definition) is 3. The van der Waals surface area contributed by atoms with Gasteiger partial charge in [-0.15, -0.1) is 0 Å². The highest BCUT2D eigenvalue weighted by Gasteiger charge is 2.51. The van der Waals surface area contributed by atoms with Crippen LogP contribution in [0.4, 0.5) is 13.6 Å². The molecule has 0 saturated carbocycles. The number of urea groups is 1. The number of carbonyl (C=O) groups is 2. The highest BCUT2D eigenvalue weighted by Crippen LogP contribution is 2.28. The van der Waals surface area contributed by atoms with E-state index in [1.807, 2.05) is 0 Å². The average Bonchev–Trinajstić information content (AvgIpc) is 2.69. The molecule has 0 bridgehead atoms. The quantitative estimate of drug-likeness (QED) is 0.804. The number of benzene rings is 1. The third-order valence-electron chi connectivity index (χ3n) is 4.06. The second kappa shape index (κ2) is 5.07. The molecular weight excluding hydrogens is 280 g/mol. The predicted octanol–water partition coefficient (Wildman–Crippen LogP) is 1.14. The minimum atomic E-state index is -1.02. The molecule has 0 aromatic heterocycles. The molecule has 2 aliphatic rings. The number of imide groups is 1. The molecule has 7 heteroatoms. The summed E-state index contributed by atoms with van der Waals surface area (Å²) in [5.41, 5.74) is -0.906. The monoisotopic (exact) mass is 295 g/mol. The number of hydrogen-bond donors (Lipinski definition) is 2. The molecule has 5 nitrogen and oxygen atoms in total. The largest absolute Gasteiger partial charge is 0.325 e. The number of carbonyl (C=O) groups excluding carboxylic acids is 2. The fourth-order valence-electron chi connectivity index (χ4n) is 2.85. The molecule has 2 aliphatic heterocycles. The summed E-state index contributed by atoms with van der Waals surface area (Å²) in [5, 5.41) is 5.83. The number of halogens is 2. The van der Waals surface area contributed by atoms with Crippen LogP contribution in [0, 0.1) is 11.6 Å². The van der Waals surface area contributed by atoms with Gasteiger partial charge in [0.05, 0.1) is 6.54 Å². The van der Waals surface area contributed by atoms with Gasteiger partial charge in [0, 0.05) is 5.56 Å². The van der Waals surface area contributed by atoms with Crippen molar-refractivity contribution in [2.45, 2.75) is 24.9 Å². The van der Waals surface area contributed by atoms with E-state index in [0.717, 1.165) is 11.0 Å². The topological polar surface area (TPSA) is 61.4 Å². The van der Waals surface area contributed by atoms with Crippen molar-refractivity contribution < 1.29 is 18.4 Å². The smallest absolute Gasteiger partial charge is 0.323 e. The van der Waals surface area contributed by atoms with Gasteiger partial charge in [-0.3, -0.25) is 9.69 Å². The van der Waals surface area contributed by atoms with Gasteiger partial charge in [0.25, 0.3) is 5.91 Å². The summed E-state index contributed by atoms with van der Waals surface area (Å²) >= 11 is 0. The van der Waals surface area contributed by atoms with Crippen LogP contribution in [0.1, 0.15) is 18.4 Å². The molecule has 112 valence electrons. The van der Waals surface area contributed by atoms with Crippen LogP contribution < -0.4 is 10.6 Å². The van der Waals surface area contributed by atoms with Crippen LogP contribution in [-0.2, 0) is 11.3 Å². The Hall–Kier alpha value is -2.02. The van der Waals surface area contributed by atoms with Crippen molar-refractivity contribution in [3.05, 3.63) is 35.4 Å². The number of rotatable bonds is 2. The molecule has 2 N–H and O–H groups in total. The van der Waals surface area contributed by atoms with Crippen molar-refractivity contribution in [2.75, 3.05) is 13.1 Å². The first-order valence-corrected chi connectivity index (χ1v) is 6.81. The minimum absolute atomic E-state index is 0.00974. The summed E-state index contributed by atoms with van der Waals surface area (Å²) in [6.45, 7) is 1.01. The van der Waals surface area contributed by atoms with Gasteiger partial charge >= 0.3 is 6.03 Å². The second-order valence-corrected chi connectivity index (χ2v) is 5.37. The van der Waals surface area contributed by atoms with Crippen molar-refractivity contribution in [1.82, 2.24) is 15.5 Å². The van der Waals surface area contributed by atoms with E-state index in [2.05, 4.69) is 10.6 Å². The van der Waals surface area contributed by atoms with E-state index in [4.69, 9.17) is 0 Å². The Morgan fingerprint density at radius 2 is 1.90 bits per heavy atom. The second-order valence-electron chi connectivity index (χ2n) is 5.37.